The van der Waals surface area contributed by atoms with Crippen molar-refractivity contribution >= 4 is 35.8 Å². The predicted octanol–water partition coefficient (Wildman–Crippen LogP) is 2.75. The second-order valence-electron chi connectivity index (χ2n) is 6.22. The number of guanidine groups is 1. The van der Waals surface area contributed by atoms with Crippen molar-refractivity contribution in [2.45, 2.75) is 6.42 Å². The normalized spacial score (nSPS) is 14.6. The minimum absolute atomic E-state index is 0. The van der Waals surface area contributed by atoms with Gasteiger partial charge in [-0.05, 0) is 30.2 Å². The van der Waals surface area contributed by atoms with E-state index in [9.17, 15) is 13.6 Å². The van der Waals surface area contributed by atoms with Crippen LogP contribution in [0.4, 0.5) is 8.78 Å². The summed E-state index contributed by atoms with van der Waals surface area (Å²) < 4.78 is 31.8. The number of halogens is 3. The van der Waals surface area contributed by atoms with Gasteiger partial charge in [0.25, 0.3) is 5.91 Å². The van der Waals surface area contributed by atoms with Crippen LogP contribution in [0.25, 0.3) is 0 Å². The first-order valence-corrected chi connectivity index (χ1v) is 8.81. The molecular formula is C19H23F2IN4O2. The van der Waals surface area contributed by atoms with Crippen LogP contribution < -0.4 is 5.32 Å². The van der Waals surface area contributed by atoms with Crippen molar-refractivity contribution < 1.29 is 18.0 Å². The van der Waals surface area contributed by atoms with Gasteiger partial charge in [0, 0.05) is 45.8 Å². The van der Waals surface area contributed by atoms with Crippen LogP contribution in [0.2, 0.25) is 0 Å². The monoisotopic (exact) mass is 504 g/mol. The molecule has 0 atom stereocenters. The van der Waals surface area contributed by atoms with Gasteiger partial charge in [0.05, 0.1) is 6.26 Å². The predicted molar refractivity (Wildman–Crippen MR) is 113 cm³/mol. The summed E-state index contributed by atoms with van der Waals surface area (Å²) in [7, 11) is 1.68. The van der Waals surface area contributed by atoms with Gasteiger partial charge in [-0.2, -0.15) is 0 Å². The van der Waals surface area contributed by atoms with Crippen molar-refractivity contribution in [3.8, 4) is 0 Å². The molecule has 6 nitrogen and oxygen atoms in total. The van der Waals surface area contributed by atoms with Crippen LogP contribution in [0.1, 0.15) is 16.1 Å². The van der Waals surface area contributed by atoms with Crippen LogP contribution in [-0.4, -0.2) is 61.4 Å². The maximum Gasteiger partial charge on any atom is 0.289 e. The Kier molecular flexibility index (Phi) is 8.21. The first-order valence-electron chi connectivity index (χ1n) is 8.81. The minimum Gasteiger partial charge on any atom is -0.459 e. The zero-order valence-corrected chi connectivity index (χ0v) is 17.9. The topological polar surface area (TPSA) is 61.1 Å². The molecule has 1 aromatic heterocycles. The van der Waals surface area contributed by atoms with Crippen LogP contribution in [0.15, 0.2) is 46.0 Å². The molecule has 1 aliphatic heterocycles. The summed E-state index contributed by atoms with van der Waals surface area (Å²) >= 11 is 0. The van der Waals surface area contributed by atoms with Gasteiger partial charge in [-0.1, -0.05) is 6.07 Å². The lowest BCUT2D eigenvalue weighted by atomic mass is 10.1. The third-order valence-corrected chi connectivity index (χ3v) is 4.50. The fourth-order valence-electron chi connectivity index (χ4n) is 3.04. The maximum atomic E-state index is 13.7. The molecule has 0 unspecified atom stereocenters. The van der Waals surface area contributed by atoms with E-state index in [1.165, 1.54) is 18.4 Å². The van der Waals surface area contributed by atoms with Gasteiger partial charge in [-0.15, -0.1) is 24.0 Å². The average molecular weight is 504 g/mol. The van der Waals surface area contributed by atoms with Crippen LogP contribution in [0, 0.1) is 11.6 Å². The molecule has 1 aliphatic rings. The summed E-state index contributed by atoms with van der Waals surface area (Å²) in [5.74, 6) is -0.205. The van der Waals surface area contributed by atoms with Gasteiger partial charge in [-0.25, -0.2) is 8.78 Å². The highest BCUT2D eigenvalue weighted by atomic mass is 127. The first-order chi connectivity index (χ1) is 13.1. The van der Waals surface area contributed by atoms with Crippen LogP contribution in [0.5, 0.6) is 0 Å². The summed E-state index contributed by atoms with van der Waals surface area (Å²) in [5, 5.41) is 3.19. The molecule has 1 N–H and O–H groups in total. The Balaban J connectivity index is 0.00000280. The number of carbonyl (C=O) groups is 1. The third kappa shape index (κ3) is 5.43. The highest BCUT2D eigenvalue weighted by molar-refractivity contribution is 14.0. The molecule has 1 saturated heterocycles. The Morgan fingerprint density at radius 3 is 2.50 bits per heavy atom. The van der Waals surface area contributed by atoms with Gasteiger partial charge in [0.1, 0.15) is 11.6 Å². The van der Waals surface area contributed by atoms with Crippen molar-refractivity contribution in [3.63, 3.8) is 0 Å². The lowest BCUT2D eigenvalue weighted by molar-refractivity contribution is 0.0658. The molecule has 2 aromatic rings. The van der Waals surface area contributed by atoms with Crippen molar-refractivity contribution in [1.29, 1.82) is 0 Å². The molecule has 0 spiro atoms. The summed E-state index contributed by atoms with van der Waals surface area (Å²) in [4.78, 5) is 20.3. The van der Waals surface area contributed by atoms with E-state index in [1.54, 1.807) is 24.1 Å². The van der Waals surface area contributed by atoms with Crippen molar-refractivity contribution in [3.05, 3.63) is 59.6 Å². The van der Waals surface area contributed by atoms with Gasteiger partial charge in [0.15, 0.2) is 11.7 Å². The summed E-state index contributed by atoms with van der Waals surface area (Å²) in [6, 6.07) is 6.94. The van der Waals surface area contributed by atoms with E-state index in [0.717, 1.165) is 6.07 Å². The number of hydrogen-bond donors (Lipinski definition) is 1. The fourth-order valence-corrected chi connectivity index (χ4v) is 3.04. The van der Waals surface area contributed by atoms with Gasteiger partial charge >= 0.3 is 0 Å². The number of aliphatic imine (C=N–C) groups is 1. The Hall–Kier alpha value is -2.17. The number of furan rings is 1. The Morgan fingerprint density at radius 2 is 1.89 bits per heavy atom. The Morgan fingerprint density at radius 1 is 1.18 bits per heavy atom. The standard InChI is InChI=1S/C19H22F2N4O2.HI/c1-22-19(23-7-6-14-4-5-15(20)13-16(14)21)25-10-8-24(9-11-25)18(26)17-3-2-12-27-17;/h2-5,12-13H,6-11H2,1H3,(H,22,23);1H. The first kappa shape index (κ1) is 22.1. The molecule has 1 fully saturated rings. The number of rotatable bonds is 4. The number of nitrogens with one attached hydrogen (secondary N) is 1. The molecule has 0 bridgehead atoms. The van der Waals surface area contributed by atoms with Crippen molar-refractivity contribution in [2.24, 2.45) is 4.99 Å². The van der Waals surface area contributed by atoms with E-state index in [1.807, 2.05) is 4.90 Å². The van der Waals surface area contributed by atoms with Gasteiger partial charge in [-0.3, -0.25) is 9.79 Å². The molecule has 28 heavy (non-hydrogen) atoms. The lowest BCUT2D eigenvalue weighted by Crippen LogP contribution is -2.54. The Bertz CT molecular complexity index is 806. The maximum absolute atomic E-state index is 13.7. The van der Waals surface area contributed by atoms with Crippen LogP contribution >= 0.6 is 24.0 Å². The largest absolute Gasteiger partial charge is 0.459 e. The zero-order chi connectivity index (χ0) is 19.2. The molecule has 9 heteroatoms. The molecule has 152 valence electrons. The van der Waals surface area contributed by atoms with Gasteiger partial charge in [0.2, 0.25) is 0 Å². The summed E-state index contributed by atoms with van der Waals surface area (Å²) in [6.45, 7) is 2.87. The molecule has 3 rings (SSSR count). The summed E-state index contributed by atoms with van der Waals surface area (Å²) in [6.07, 6.45) is 1.90. The van der Waals surface area contributed by atoms with Crippen molar-refractivity contribution in [2.75, 3.05) is 39.8 Å². The Labute approximate surface area is 179 Å². The van der Waals surface area contributed by atoms with Gasteiger partial charge < -0.3 is 19.5 Å². The SMILES string of the molecule is CN=C(NCCc1ccc(F)cc1F)N1CCN(C(=O)c2ccco2)CC1.I. The molecule has 0 saturated carbocycles. The number of piperazine rings is 1. The number of benzene rings is 1. The quantitative estimate of drug-likeness (QED) is 0.396. The van der Waals surface area contributed by atoms with E-state index in [2.05, 4.69) is 10.3 Å². The molecular weight excluding hydrogens is 481 g/mol. The fraction of sp³-hybridized carbons (Fsp3) is 0.368. The molecule has 0 aliphatic carbocycles. The van der Waals surface area contributed by atoms with Crippen molar-refractivity contribution in [1.82, 2.24) is 15.1 Å². The number of nitrogens with zero attached hydrogens (tertiary/aromatic N) is 3. The molecule has 1 aromatic carbocycles. The van der Waals surface area contributed by atoms with E-state index >= 15 is 0 Å². The highest BCUT2D eigenvalue weighted by Gasteiger charge is 2.25. The molecule has 1 amide bonds. The second-order valence-corrected chi connectivity index (χ2v) is 6.22. The van der Waals surface area contributed by atoms with E-state index in [-0.39, 0.29) is 29.9 Å². The average Bonchev–Trinajstić information content (AvgIpc) is 3.21. The minimum atomic E-state index is -0.581. The lowest BCUT2D eigenvalue weighted by Gasteiger charge is -2.36. The van der Waals surface area contributed by atoms with Crippen LogP contribution in [0.3, 0.4) is 0 Å². The second kappa shape index (κ2) is 10.4. The summed E-state index contributed by atoms with van der Waals surface area (Å²) in [5.41, 5.74) is 0.452. The number of carbonyl (C=O) groups excluding carboxylic acids is 1. The van der Waals surface area contributed by atoms with E-state index < -0.39 is 11.6 Å². The molecule has 0 radical (unpaired) electrons. The highest BCUT2D eigenvalue weighted by Crippen LogP contribution is 2.11. The van der Waals surface area contributed by atoms with E-state index in [0.29, 0.717) is 56.4 Å². The third-order valence-electron chi connectivity index (χ3n) is 4.50. The van der Waals surface area contributed by atoms with E-state index in [4.69, 9.17) is 4.42 Å². The number of hydrogen-bond acceptors (Lipinski definition) is 3. The smallest absolute Gasteiger partial charge is 0.289 e. The zero-order valence-electron chi connectivity index (χ0n) is 15.5. The van der Waals surface area contributed by atoms with Crippen LogP contribution in [-0.2, 0) is 6.42 Å². The molecule has 2 heterocycles. The number of amides is 1.